The molecule has 0 aliphatic rings. The Labute approximate surface area is 126 Å². The van der Waals surface area contributed by atoms with Crippen molar-refractivity contribution in [2.75, 3.05) is 6.61 Å². The Morgan fingerprint density at radius 3 is 2.67 bits per heavy atom. The van der Waals surface area contributed by atoms with Gasteiger partial charge in [-0.2, -0.15) is 0 Å². The fourth-order valence-corrected chi connectivity index (χ4v) is 2.38. The normalized spacial score (nSPS) is 10.7. The molecule has 1 aromatic heterocycles. The van der Waals surface area contributed by atoms with Gasteiger partial charge in [0.1, 0.15) is 17.0 Å². The van der Waals surface area contributed by atoms with Crippen molar-refractivity contribution in [1.82, 2.24) is 4.98 Å². The highest BCUT2D eigenvalue weighted by atomic mass is 16.5. The van der Waals surface area contributed by atoms with Crippen LogP contribution in [0.2, 0.25) is 0 Å². The number of benzene rings is 1. The van der Waals surface area contributed by atoms with Crippen LogP contribution in [-0.2, 0) is 0 Å². The van der Waals surface area contributed by atoms with Crippen molar-refractivity contribution in [2.24, 2.45) is 0 Å². The standard InChI is InChI=1S/C18H23NO2/c1-2-3-4-5-6-7-13-21-17-10-8-9-15-11-12-16(14-20)19-18(15)17/h8-12,14H,2-7,13H2,1H3. The number of aldehydes is 1. The number of rotatable bonds is 9. The maximum Gasteiger partial charge on any atom is 0.168 e. The van der Waals surface area contributed by atoms with E-state index in [1.54, 1.807) is 6.07 Å². The first-order valence-corrected chi connectivity index (χ1v) is 7.83. The van der Waals surface area contributed by atoms with E-state index >= 15 is 0 Å². The van der Waals surface area contributed by atoms with Gasteiger partial charge in [0.05, 0.1) is 6.61 Å². The smallest absolute Gasteiger partial charge is 0.168 e. The van der Waals surface area contributed by atoms with Gasteiger partial charge in [0.25, 0.3) is 0 Å². The number of nitrogens with zero attached hydrogens (tertiary/aromatic N) is 1. The van der Waals surface area contributed by atoms with Crippen LogP contribution >= 0.6 is 0 Å². The zero-order valence-corrected chi connectivity index (χ0v) is 12.7. The maximum absolute atomic E-state index is 10.8. The Morgan fingerprint density at radius 1 is 1.05 bits per heavy atom. The van der Waals surface area contributed by atoms with Crippen LogP contribution in [0.4, 0.5) is 0 Å². The molecule has 0 saturated heterocycles. The van der Waals surface area contributed by atoms with Crippen molar-refractivity contribution in [3.05, 3.63) is 36.0 Å². The second-order valence-electron chi connectivity index (χ2n) is 5.30. The van der Waals surface area contributed by atoms with Crippen LogP contribution < -0.4 is 4.74 Å². The lowest BCUT2D eigenvalue weighted by Gasteiger charge is -2.09. The lowest BCUT2D eigenvalue weighted by Crippen LogP contribution is -1.99. The van der Waals surface area contributed by atoms with E-state index in [1.165, 1.54) is 32.1 Å². The topological polar surface area (TPSA) is 39.2 Å². The molecule has 0 radical (unpaired) electrons. The summed E-state index contributed by atoms with van der Waals surface area (Å²) < 4.78 is 5.85. The van der Waals surface area contributed by atoms with Crippen LogP contribution in [-0.4, -0.2) is 17.9 Å². The predicted molar refractivity (Wildman–Crippen MR) is 86.0 cm³/mol. The number of carbonyl (C=O) groups is 1. The summed E-state index contributed by atoms with van der Waals surface area (Å²) in [5.41, 5.74) is 1.21. The molecular weight excluding hydrogens is 262 g/mol. The summed E-state index contributed by atoms with van der Waals surface area (Å²) in [5, 5.41) is 1.00. The van der Waals surface area contributed by atoms with Gasteiger partial charge in [0.15, 0.2) is 6.29 Å². The summed E-state index contributed by atoms with van der Waals surface area (Å²) in [6.45, 7) is 2.93. The molecule has 2 rings (SSSR count). The molecule has 21 heavy (non-hydrogen) atoms. The van der Waals surface area contributed by atoms with E-state index in [1.807, 2.05) is 24.3 Å². The Kier molecular flexibility index (Phi) is 6.20. The number of ether oxygens (including phenoxy) is 1. The van der Waals surface area contributed by atoms with E-state index in [0.717, 1.165) is 29.4 Å². The van der Waals surface area contributed by atoms with Crippen molar-refractivity contribution in [3.63, 3.8) is 0 Å². The first-order chi connectivity index (χ1) is 10.3. The van der Waals surface area contributed by atoms with E-state index in [9.17, 15) is 4.79 Å². The van der Waals surface area contributed by atoms with Crippen molar-refractivity contribution < 1.29 is 9.53 Å². The first-order valence-electron chi connectivity index (χ1n) is 7.83. The quantitative estimate of drug-likeness (QED) is 0.491. The molecule has 3 nitrogen and oxygen atoms in total. The lowest BCUT2D eigenvalue weighted by molar-refractivity contribution is 0.111. The molecule has 2 aromatic rings. The van der Waals surface area contributed by atoms with Crippen LogP contribution in [0.3, 0.4) is 0 Å². The molecule has 0 aliphatic carbocycles. The number of hydrogen-bond acceptors (Lipinski definition) is 3. The number of pyridine rings is 1. The number of para-hydroxylation sites is 1. The number of aromatic nitrogens is 1. The SMILES string of the molecule is CCCCCCCCOc1cccc2ccc(C=O)nc12. The zero-order chi connectivity index (χ0) is 14.9. The van der Waals surface area contributed by atoms with Crippen LogP contribution in [0.5, 0.6) is 5.75 Å². The van der Waals surface area contributed by atoms with E-state index < -0.39 is 0 Å². The highest BCUT2D eigenvalue weighted by Crippen LogP contribution is 2.24. The highest BCUT2D eigenvalue weighted by molar-refractivity contribution is 5.87. The molecule has 112 valence electrons. The average molecular weight is 285 g/mol. The third kappa shape index (κ3) is 4.55. The molecule has 0 bridgehead atoms. The number of carbonyl (C=O) groups excluding carboxylic acids is 1. The molecular formula is C18H23NO2. The molecule has 0 atom stereocenters. The van der Waals surface area contributed by atoms with Gasteiger partial charge in [-0.15, -0.1) is 0 Å². The second-order valence-corrected chi connectivity index (χ2v) is 5.30. The molecule has 0 N–H and O–H groups in total. The minimum Gasteiger partial charge on any atom is -0.491 e. The average Bonchev–Trinajstić information content (AvgIpc) is 2.53. The summed E-state index contributed by atoms with van der Waals surface area (Å²) in [6.07, 6.45) is 8.23. The maximum atomic E-state index is 10.8. The Hall–Kier alpha value is -1.90. The Balaban J connectivity index is 1.91. The van der Waals surface area contributed by atoms with Gasteiger partial charge < -0.3 is 4.74 Å². The monoisotopic (exact) mass is 285 g/mol. The predicted octanol–water partition coefficient (Wildman–Crippen LogP) is 4.79. The number of unbranched alkanes of at least 4 members (excludes halogenated alkanes) is 5. The van der Waals surface area contributed by atoms with Crippen LogP contribution in [0, 0.1) is 0 Å². The molecule has 1 heterocycles. The fourth-order valence-electron chi connectivity index (χ4n) is 2.38. The molecule has 1 aromatic carbocycles. The number of fused-ring (bicyclic) bond motifs is 1. The molecule has 0 amide bonds. The minimum absolute atomic E-state index is 0.443. The van der Waals surface area contributed by atoms with Gasteiger partial charge in [-0.05, 0) is 18.6 Å². The summed E-state index contributed by atoms with van der Waals surface area (Å²) >= 11 is 0. The van der Waals surface area contributed by atoms with Crippen LogP contribution in [0.15, 0.2) is 30.3 Å². The number of hydrogen-bond donors (Lipinski definition) is 0. The molecule has 3 heteroatoms. The minimum atomic E-state index is 0.443. The van der Waals surface area contributed by atoms with E-state index in [0.29, 0.717) is 12.3 Å². The Bertz CT molecular complexity index is 580. The summed E-state index contributed by atoms with van der Waals surface area (Å²) in [6, 6.07) is 9.49. The van der Waals surface area contributed by atoms with Crippen molar-refractivity contribution in [3.8, 4) is 5.75 Å². The van der Waals surface area contributed by atoms with E-state index in [2.05, 4.69) is 11.9 Å². The third-order valence-corrected chi connectivity index (χ3v) is 3.58. The first kappa shape index (κ1) is 15.5. The van der Waals surface area contributed by atoms with Crippen LogP contribution in [0.1, 0.15) is 55.9 Å². The van der Waals surface area contributed by atoms with Gasteiger partial charge in [-0.1, -0.05) is 57.2 Å². The Morgan fingerprint density at radius 2 is 1.86 bits per heavy atom. The summed E-state index contributed by atoms with van der Waals surface area (Å²) in [7, 11) is 0. The fraction of sp³-hybridized carbons (Fsp3) is 0.444. The molecule has 0 saturated carbocycles. The molecule has 0 aliphatic heterocycles. The van der Waals surface area contributed by atoms with Crippen molar-refractivity contribution in [1.29, 1.82) is 0 Å². The lowest BCUT2D eigenvalue weighted by atomic mass is 10.1. The van der Waals surface area contributed by atoms with Gasteiger partial charge in [0, 0.05) is 5.39 Å². The molecule has 0 spiro atoms. The molecule has 0 unspecified atom stereocenters. The van der Waals surface area contributed by atoms with Gasteiger partial charge in [-0.3, -0.25) is 4.79 Å². The third-order valence-electron chi connectivity index (χ3n) is 3.58. The zero-order valence-electron chi connectivity index (χ0n) is 12.7. The van der Waals surface area contributed by atoms with Crippen LogP contribution in [0.25, 0.3) is 10.9 Å². The summed E-state index contributed by atoms with van der Waals surface area (Å²) in [5.74, 6) is 0.768. The van der Waals surface area contributed by atoms with E-state index in [-0.39, 0.29) is 0 Å². The van der Waals surface area contributed by atoms with E-state index in [4.69, 9.17) is 4.74 Å². The van der Waals surface area contributed by atoms with Gasteiger partial charge in [-0.25, -0.2) is 4.98 Å². The van der Waals surface area contributed by atoms with Gasteiger partial charge in [0.2, 0.25) is 0 Å². The highest BCUT2D eigenvalue weighted by Gasteiger charge is 2.04. The second kappa shape index (κ2) is 8.40. The molecule has 0 fully saturated rings. The van der Waals surface area contributed by atoms with Crippen molar-refractivity contribution >= 4 is 17.2 Å². The largest absolute Gasteiger partial charge is 0.491 e. The summed E-state index contributed by atoms with van der Waals surface area (Å²) in [4.78, 5) is 15.2. The van der Waals surface area contributed by atoms with Gasteiger partial charge >= 0.3 is 0 Å². The van der Waals surface area contributed by atoms with Crippen molar-refractivity contribution in [2.45, 2.75) is 45.4 Å².